The summed E-state index contributed by atoms with van der Waals surface area (Å²) in [4.78, 5) is 18.4. The van der Waals surface area contributed by atoms with Crippen LogP contribution in [0.15, 0.2) is 12.1 Å². The highest BCUT2D eigenvalue weighted by atomic mass is 32.1. The Bertz CT molecular complexity index is 448. The molecule has 0 aliphatic carbocycles. The van der Waals surface area contributed by atoms with Crippen molar-refractivity contribution in [2.45, 2.75) is 32.4 Å². The van der Waals surface area contributed by atoms with Gasteiger partial charge in [0.1, 0.15) is 0 Å². The number of nitrogens with one attached hydrogen (secondary N) is 1. The van der Waals surface area contributed by atoms with Crippen LogP contribution in [0, 0.1) is 0 Å². The molecule has 2 rings (SSSR count). The van der Waals surface area contributed by atoms with Gasteiger partial charge in [0.25, 0.3) is 5.91 Å². The van der Waals surface area contributed by atoms with Crippen molar-refractivity contribution in [2.24, 2.45) is 5.84 Å². The van der Waals surface area contributed by atoms with Crippen LogP contribution in [0.25, 0.3) is 0 Å². The number of nitrogen functional groups attached to an aromatic ring is 1. The molecule has 1 aromatic rings. The van der Waals surface area contributed by atoms with Gasteiger partial charge in [0.05, 0.1) is 4.88 Å². The van der Waals surface area contributed by atoms with E-state index in [2.05, 4.69) is 29.2 Å². The topological polar surface area (TPSA) is 61.6 Å². The highest BCUT2D eigenvalue weighted by molar-refractivity contribution is 7.14. The maximum absolute atomic E-state index is 11.5. The molecule has 1 amide bonds. The molecule has 1 aromatic heterocycles. The van der Waals surface area contributed by atoms with Gasteiger partial charge in [-0.15, -0.1) is 11.3 Å². The van der Waals surface area contributed by atoms with Gasteiger partial charge in [-0.05, 0) is 38.6 Å². The van der Waals surface area contributed by atoms with E-state index >= 15 is 0 Å². The first-order valence-corrected chi connectivity index (χ1v) is 7.98. The van der Waals surface area contributed by atoms with Gasteiger partial charge in [0, 0.05) is 30.6 Å². The van der Waals surface area contributed by atoms with Crippen molar-refractivity contribution in [1.82, 2.24) is 15.2 Å². The lowest BCUT2D eigenvalue weighted by atomic mass is 10.2. The summed E-state index contributed by atoms with van der Waals surface area (Å²) in [6, 6.07) is 4.49. The van der Waals surface area contributed by atoms with E-state index in [0.717, 1.165) is 32.6 Å². The molecule has 1 atom stereocenters. The summed E-state index contributed by atoms with van der Waals surface area (Å²) in [5.41, 5.74) is 2.19. The highest BCUT2D eigenvalue weighted by Crippen LogP contribution is 2.21. The van der Waals surface area contributed by atoms with Crippen molar-refractivity contribution < 1.29 is 4.79 Å². The normalized spacial score (nSPS) is 21.6. The Morgan fingerprint density at radius 1 is 1.50 bits per heavy atom. The van der Waals surface area contributed by atoms with Crippen molar-refractivity contribution in [3.05, 3.63) is 21.9 Å². The minimum Gasteiger partial charge on any atom is -0.305 e. The number of nitrogens with two attached hydrogens (primary N) is 1. The van der Waals surface area contributed by atoms with Crippen molar-refractivity contribution in [2.75, 3.05) is 26.7 Å². The standard InChI is InChI=1S/C14H24N4OS/c1-3-11-9-17(2)7-4-8-18(11)10-12-5-6-13(20-12)14(19)16-15/h5-6,11H,3-4,7-10,15H2,1-2H3,(H,16,19). The summed E-state index contributed by atoms with van der Waals surface area (Å²) in [5, 5.41) is 0. The summed E-state index contributed by atoms with van der Waals surface area (Å²) < 4.78 is 0. The molecule has 3 N–H and O–H groups in total. The fourth-order valence-corrected chi connectivity index (χ4v) is 3.68. The van der Waals surface area contributed by atoms with E-state index in [4.69, 9.17) is 5.84 Å². The van der Waals surface area contributed by atoms with Gasteiger partial charge in [-0.25, -0.2) is 5.84 Å². The number of thiophene rings is 1. The second-order valence-electron chi connectivity index (χ2n) is 5.39. The zero-order valence-electron chi connectivity index (χ0n) is 12.3. The average molecular weight is 296 g/mol. The quantitative estimate of drug-likeness (QED) is 0.499. The molecule has 2 heterocycles. The number of hydrogen-bond donors (Lipinski definition) is 2. The Balaban J connectivity index is 2.03. The first kappa shape index (κ1) is 15.4. The third-order valence-electron chi connectivity index (χ3n) is 3.87. The summed E-state index contributed by atoms with van der Waals surface area (Å²) >= 11 is 1.53. The van der Waals surface area contributed by atoms with Crippen LogP contribution in [0.4, 0.5) is 0 Å². The number of rotatable bonds is 4. The van der Waals surface area contributed by atoms with Gasteiger partial charge >= 0.3 is 0 Å². The van der Waals surface area contributed by atoms with Crippen LogP contribution in [0.2, 0.25) is 0 Å². The Labute approximate surface area is 124 Å². The molecular weight excluding hydrogens is 272 g/mol. The average Bonchev–Trinajstić information content (AvgIpc) is 2.83. The molecule has 0 bridgehead atoms. The van der Waals surface area contributed by atoms with Crippen LogP contribution in [0.3, 0.4) is 0 Å². The molecule has 1 aliphatic rings. The van der Waals surface area contributed by atoms with Crippen molar-refractivity contribution in [1.29, 1.82) is 0 Å². The monoisotopic (exact) mass is 296 g/mol. The van der Waals surface area contributed by atoms with Gasteiger partial charge in [-0.2, -0.15) is 0 Å². The smallest absolute Gasteiger partial charge is 0.275 e. The maximum Gasteiger partial charge on any atom is 0.275 e. The molecule has 1 saturated heterocycles. The van der Waals surface area contributed by atoms with Gasteiger partial charge in [-0.1, -0.05) is 6.92 Å². The third kappa shape index (κ3) is 3.79. The van der Waals surface area contributed by atoms with E-state index in [1.807, 2.05) is 12.1 Å². The molecule has 0 radical (unpaired) electrons. The SMILES string of the molecule is CCC1CN(C)CCCN1Cc1ccc(C(=O)NN)s1. The fourth-order valence-electron chi connectivity index (χ4n) is 2.74. The third-order valence-corrected chi connectivity index (χ3v) is 4.94. The number of carbonyl (C=O) groups excluding carboxylic acids is 1. The summed E-state index contributed by atoms with van der Waals surface area (Å²) in [7, 11) is 2.20. The van der Waals surface area contributed by atoms with Crippen molar-refractivity contribution in [3.8, 4) is 0 Å². The zero-order chi connectivity index (χ0) is 14.5. The van der Waals surface area contributed by atoms with Crippen molar-refractivity contribution >= 4 is 17.2 Å². The summed E-state index contributed by atoms with van der Waals surface area (Å²) in [5.74, 6) is 4.96. The van der Waals surface area contributed by atoms with E-state index < -0.39 is 0 Å². The van der Waals surface area contributed by atoms with Crippen LogP contribution in [-0.2, 0) is 6.54 Å². The Morgan fingerprint density at radius 2 is 2.30 bits per heavy atom. The molecular formula is C14H24N4OS. The predicted molar refractivity (Wildman–Crippen MR) is 82.6 cm³/mol. The lowest BCUT2D eigenvalue weighted by Gasteiger charge is -2.29. The molecule has 112 valence electrons. The zero-order valence-corrected chi connectivity index (χ0v) is 13.1. The number of hydrogen-bond acceptors (Lipinski definition) is 5. The molecule has 20 heavy (non-hydrogen) atoms. The van der Waals surface area contributed by atoms with E-state index in [0.29, 0.717) is 10.9 Å². The van der Waals surface area contributed by atoms with E-state index in [1.165, 1.54) is 22.6 Å². The second kappa shape index (κ2) is 7.17. The minimum atomic E-state index is -0.205. The maximum atomic E-state index is 11.5. The number of nitrogens with zero attached hydrogens (tertiary/aromatic N) is 2. The Kier molecular flexibility index (Phi) is 5.54. The van der Waals surface area contributed by atoms with Gasteiger partial charge in [0.15, 0.2) is 0 Å². The number of carbonyl (C=O) groups is 1. The lowest BCUT2D eigenvalue weighted by molar-refractivity contribution is 0.0957. The van der Waals surface area contributed by atoms with E-state index in [9.17, 15) is 4.79 Å². The molecule has 1 fully saturated rings. The van der Waals surface area contributed by atoms with E-state index in [-0.39, 0.29) is 5.91 Å². The fraction of sp³-hybridized carbons (Fsp3) is 0.643. The molecule has 0 saturated carbocycles. The van der Waals surface area contributed by atoms with Crippen LogP contribution >= 0.6 is 11.3 Å². The number of likely N-dealkylation sites (N-methyl/N-ethyl adjacent to an activating group) is 1. The minimum absolute atomic E-state index is 0.205. The molecule has 0 spiro atoms. The van der Waals surface area contributed by atoms with Crippen LogP contribution in [-0.4, -0.2) is 48.4 Å². The molecule has 1 aliphatic heterocycles. The first-order valence-electron chi connectivity index (χ1n) is 7.16. The Morgan fingerprint density at radius 3 is 3.00 bits per heavy atom. The van der Waals surface area contributed by atoms with Crippen LogP contribution < -0.4 is 11.3 Å². The van der Waals surface area contributed by atoms with Gasteiger partial charge in [-0.3, -0.25) is 15.1 Å². The molecule has 6 heteroatoms. The van der Waals surface area contributed by atoms with Crippen LogP contribution in [0.1, 0.15) is 34.3 Å². The van der Waals surface area contributed by atoms with Gasteiger partial charge < -0.3 is 4.90 Å². The summed E-state index contributed by atoms with van der Waals surface area (Å²) in [6.07, 6.45) is 2.36. The number of amides is 1. The van der Waals surface area contributed by atoms with Crippen LogP contribution in [0.5, 0.6) is 0 Å². The summed E-state index contributed by atoms with van der Waals surface area (Å²) in [6.45, 7) is 6.59. The lowest BCUT2D eigenvalue weighted by Crippen LogP contribution is -2.39. The van der Waals surface area contributed by atoms with E-state index in [1.54, 1.807) is 0 Å². The van der Waals surface area contributed by atoms with Gasteiger partial charge in [0.2, 0.25) is 0 Å². The Hall–Kier alpha value is -0.950. The largest absolute Gasteiger partial charge is 0.305 e. The molecule has 0 aromatic carbocycles. The van der Waals surface area contributed by atoms with Crippen molar-refractivity contribution in [3.63, 3.8) is 0 Å². The first-order chi connectivity index (χ1) is 9.63. The second-order valence-corrected chi connectivity index (χ2v) is 6.56. The molecule has 5 nitrogen and oxygen atoms in total. The molecule has 1 unspecified atom stereocenters. The highest BCUT2D eigenvalue weighted by Gasteiger charge is 2.22. The number of hydrazine groups is 1. The predicted octanol–water partition coefficient (Wildman–Crippen LogP) is 1.27.